The predicted octanol–water partition coefficient (Wildman–Crippen LogP) is 2.85. The Hall–Kier alpha value is -2.17. The average Bonchev–Trinajstić information content (AvgIpc) is 2.69. The molecule has 0 aromatic heterocycles. The van der Waals surface area contributed by atoms with E-state index >= 15 is 0 Å². The van der Waals surface area contributed by atoms with Crippen LogP contribution in [-0.2, 0) is 15.1 Å². The fraction of sp³-hybridized carbons (Fsp3) is 0.381. The van der Waals surface area contributed by atoms with Gasteiger partial charge in [0.2, 0.25) is 0 Å². The van der Waals surface area contributed by atoms with E-state index in [1.807, 2.05) is 43.3 Å². The van der Waals surface area contributed by atoms with Crippen LogP contribution >= 0.6 is 0 Å². The Labute approximate surface area is 148 Å². The minimum atomic E-state index is -1.71. The minimum absolute atomic E-state index is 0.0182. The predicted molar refractivity (Wildman–Crippen MR) is 97.0 cm³/mol. The maximum atomic E-state index is 13.1. The van der Waals surface area contributed by atoms with E-state index in [9.17, 15) is 9.90 Å². The molecule has 1 fully saturated rings. The number of carbonyl (C=O) groups is 1. The Morgan fingerprint density at radius 3 is 2.00 bits per heavy atom. The van der Waals surface area contributed by atoms with Gasteiger partial charge in [-0.3, -0.25) is 4.79 Å². The van der Waals surface area contributed by atoms with Crippen LogP contribution in [0, 0.1) is 5.92 Å². The molecule has 0 saturated carbocycles. The lowest BCUT2D eigenvalue weighted by Gasteiger charge is -2.33. The summed E-state index contributed by atoms with van der Waals surface area (Å²) in [7, 11) is 0. The van der Waals surface area contributed by atoms with E-state index in [1.165, 1.54) is 0 Å². The van der Waals surface area contributed by atoms with Crippen molar-refractivity contribution in [3.05, 3.63) is 71.8 Å². The monoisotopic (exact) mass is 339 g/mol. The number of nitrogens with one attached hydrogen (secondary N) is 1. The molecule has 1 aliphatic heterocycles. The Kier molecular flexibility index (Phi) is 5.51. The number of amides is 1. The lowest BCUT2D eigenvalue weighted by Crippen LogP contribution is -2.50. The van der Waals surface area contributed by atoms with Gasteiger partial charge in [-0.2, -0.15) is 0 Å². The normalized spacial score (nSPS) is 17.0. The van der Waals surface area contributed by atoms with E-state index in [0.29, 0.717) is 17.0 Å². The van der Waals surface area contributed by atoms with Crippen molar-refractivity contribution in [2.45, 2.75) is 31.4 Å². The molecule has 1 saturated heterocycles. The third kappa shape index (κ3) is 3.75. The quantitative estimate of drug-likeness (QED) is 0.881. The van der Waals surface area contributed by atoms with E-state index in [0.717, 1.165) is 26.1 Å². The lowest BCUT2D eigenvalue weighted by atomic mass is 9.84. The maximum Gasteiger partial charge on any atom is 0.261 e. The average molecular weight is 339 g/mol. The first-order valence-corrected chi connectivity index (χ1v) is 8.84. The standard InChI is InChI=1S/C21H25NO3/c1-16(17-12-14-25-15-13-17)22-20(23)21(24,18-8-4-2-5-9-18)19-10-6-3-7-11-19/h2-11,16-17,24H,12-15H2,1H3,(H,22,23). The highest BCUT2D eigenvalue weighted by Gasteiger charge is 2.40. The lowest BCUT2D eigenvalue weighted by molar-refractivity contribution is -0.138. The van der Waals surface area contributed by atoms with Gasteiger partial charge in [0.1, 0.15) is 0 Å². The summed E-state index contributed by atoms with van der Waals surface area (Å²) in [6, 6.07) is 18.2. The van der Waals surface area contributed by atoms with Gasteiger partial charge in [-0.1, -0.05) is 60.7 Å². The Morgan fingerprint density at radius 2 is 1.52 bits per heavy atom. The van der Waals surface area contributed by atoms with Crippen molar-refractivity contribution < 1.29 is 14.6 Å². The van der Waals surface area contributed by atoms with Gasteiger partial charge in [0.15, 0.2) is 5.60 Å². The van der Waals surface area contributed by atoms with Gasteiger partial charge in [-0.05, 0) is 36.8 Å². The molecule has 2 aromatic rings. The van der Waals surface area contributed by atoms with Gasteiger partial charge < -0.3 is 15.2 Å². The van der Waals surface area contributed by atoms with E-state index in [2.05, 4.69) is 5.32 Å². The van der Waals surface area contributed by atoms with Gasteiger partial charge in [-0.15, -0.1) is 0 Å². The number of ether oxygens (including phenoxy) is 1. The van der Waals surface area contributed by atoms with Crippen molar-refractivity contribution in [2.75, 3.05) is 13.2 Å². The van der Waals surface area contributed by atoms with Crippen molar-refractivity contribution in [1.82, 2.24) is 5.32 Å². The summed E-state index contributed by atoms with van der Waals surface area (Å²) in [6.45, 7) is 3.46. The summed E-state index contributed by atoms with van der Waals surface area (Å²) in [4.78, 5) is 13.1. The first-order chi connectivity index (χ1) is 12.1. The van der Waals surface area contributed by atoms with Crippen LogP contribution in [-0.4, -0.2) is 30.3 Å². The summed E-state index contributed by atoms with van der Waals surface area (Å²) in [6.07, 6.45) is 1.85. The molecule has 2 aromatic carbocycles. The highest BCUT2D eigenvalue weighted by Crippen LogP contribution is 2.30. The first kappa shape index (κ1) is 17.6. The molecule has 4 nitrogen and oxygen atoms in total. The zero-order valence-corrected chi connectivity index (χ0v) is 14.5. The molecular weight excluding hydrogens is 314 g/mol. The minimum Gasteiger partial charge on any atom is -0.381 e. The highest BCUT2D eigenvalue weighted by atomic mass is 16.5. The molecule has 1 heterocycles. The van der Waals surface area contributed by atoms with E-state index in [4.69, 9.17) is 4.74 Å². The van der Waals surface area contributed by atoms with Gasteiger partial charge >= 0.3 is 0 Å². The molecule has 1 amide bonds. The Morgan fingerprint density at radius 1 is 1.04 bits per heavy atom. The first-order valence-electron chi connectivity index (χ1n) is 8.84. The van der Waals surface area contributed by atoms with E-state index < -0.39 is 5.60 Å². The molecule has 4 heteroatoms. The van der Waals surface area contributed by atoms with Crippen molar-refractivity contribution >= 4 is 5.91 Å². The van der Waals surface area contributed by atoms with Crippen LogP contribution in [0.3, 0.4) is 0 Å². The molecule has 25 heavy (non-hydrogen) atoms. The second-order valence-electron chi connectivity index (χ2n) is 6.65. The molecule has 1 unspecified atom stereocenters. The molecule has 3 rings (SSSR count). The summed E-state index contributed by atoms with van der Waals surface area (Å²) in [5.41, 5.74) is -0.571. The van der Waals surface area contributed by atoms with Crippen LogP contribution in [0.2, 0.25) is 0 Å². The summed E-state index contributed by atoms with van der Waals surface area (Å²) in [5.74, 6) is -0.0163. The number of hydrogen-bond donors (Lipinski definition) is 2. The van der Waals surface area contributed by atoms with Crippen LogP contribution in [0.25, 0.3) is 0 Å². The second-order valence-corrected chi connectivity index (χ2v) is 6.65. The highest BCUT2D eigenvalue weighted by molar-refractivity contribution is 5.90. The number of benzene rings is 2. The molecule has 132 valence electrons. The topological polar surface area (TPSA) is 58.6 Å². The number of hydrogen-bond acceptors (Lipinski definition) is 3. The molecule has 1 aliphatic rings. The van der Waals surface area contributed by atoms with Crippen LogP contribution in [0.15, 0.2) is 60.7 Å². The van der Waals surface area contributed by atoms with Gasteiger partial charge in [0.05, 0.1) is 0 Å². The van der Waals surface area contributed by atoms with E-state index in [-0.39, 0.29) is 11.9 Å². The summed E-state index contributed by atoms with van der Waals surface area (Å²) >= 11 is 0. The molecule has 0 bridgehead atoms. The van der Waals surface area contributed by atoms with Crippen LogP contribution in [0.5, 0.6) is 0 Å². The number of aliphatic hydroxyl groups is 1. The van der Waals surface area contributed by atoms with Gasteiger partial charge in [-0.25, -0.2) is 0 Å². The van der Waals surface area contributed by atoms with Crippen molar-refractivity contribution in [2.24, 2.45) is 5.92 Å². The molecule has 1 atom stereocenters. The maximum absolute atomic E-state index is 13.1. The SMILES string of the molecule is CC(NC(=O)C(O)(c1ccccc1)c1ccccc1)C1CCOCC1. The number of carbonyl (C=O) groups excluding carboxylic acids is 1. The fourth-order valence-corrected chi connectivity index (χ4v) is 3.43. The van der Waals surface area contributed by atoms with Crippen molar-refractivity contribution in [3.63, 3.8) is 0 Å². The molecule has 0 spiro atoms. The van der Waals surface area contributed by atoms with Crippen LogP contribution < -0.4 is 5.32 Å². The molecular formula is C21H25NO3. The van der Waals surface area contributed by atoms with Crippen molar-refractivity contribution in [3.8, 4) is 0 Å². The Bertz CT molecular complexity index is 641. The van der Waals surface area contributed by atoms with E-state index in [1.54, 1.807) is 24.3 Å². The van der Waals surface area contributed by atoms with Gasteiger partial charge in [0.25, 0.3) is 5.91 Å². The summed E-state index contributed by atoms with van der Waals surface area (Å²) < 4.78 is 5.40. The molecule has 0 aliphatic carbocycles. The largest absolute Gasteiger partial charge is 0.381 e. The second kappa shape index (κ2) is 7.81. The zero-order valence-electron chi connectivity index (χ0n) is 14.5. The fourth-order valence-electron chi connectivity index (χ4n) is 3.43. The number of rotatable bonds is 5. The van der Waals surface area contributed by atoms with Crippen LogP contribution in [0.4, 0.5) is 0 Å². The molecule has 2 N–H and O–H groups in total. The summed E-state index contributed by atoms with van der Waals surface area (Å²) in [5, 5.41) is 14.5. The third-order valence-electron chi connectivity index (χ3n) is 5.04. The zero-order chi connectivity index (χ0) is 17.7. The smallest absolute Gasteiger partial charge is 0.261 e. The van der Waals surface area contributed by atoms with Crippen LogP contribution in [0.1, 0.15) is 30.9 Å². The molecule has 0 radical (unpaired) electrons. The van der Waals surface area contributed by atoms with Crippen molar-refractivity contribution in [1.29, 1.82) is 0 Å². The Balaban J connectivity index is 1.88. The third-order valence-corrected chi connectivity index (χ3v) is 5.04. The van der Waals surface area contributed by atoms with Gasteiger partial charge in [0, 0.05) is 19.3 Å².